The number of hydrogen-bond donors (Lipinski definition) is 2. The van der Waals surface area contributed by atoms with E-state index in [1.807, 2.05) is 6.92 Å². The summed E-state index contributed by atoms with van der Waals surface area (Å²) in [4.78, 5) is 38.7. The van der Waals surface area contributed by atoms with Crippen molar-refractivity contribution in [2.45, 2.75) is 39.5 Å². The standard InChI is InChI=1S/C20H24N2O6S/c1-11-6-7-16(8-12(11)2)29(26,27)21-9-18(25)28-10-17(24)20-13(3)19(15(5)23)14(4)22-20/h6-8,21-22H,9-10H2,1-5H3. The van der Waals surface area contributed by atoms with Gasteiger partial charge in [-0.25, -0.2) is 8.42 Å². The number of hydrogen-bond acceptors (Lipinski definition) is 6. The highest BCUT2D eigenvalue weighted by Crippen LogP contribution is 2.19. The van der Waals surface area contributed by atoms with Crippen molar-refractivity contribution in [2.24, 2.45) is 0 Å². The molecule has 0 saturated carbocycles. The smallest absolute Gasteiger partial charge is 0.321 e. The number of H-pyrrole nitrogens is 1. The molecule has 1 aromatic carbocycles. The lowest BCUT2D eigenvalue weighted by molar-refractivity contribution is -0.141. The molecular weight excluding hydrogens is 396 g/mol. The second-order valence-electron chi connectivity index (χ2n) is 6.84. The highest BCUT2D eigenvalue weighted by Gasteiger charge is 2.21. The van der Waals surface area contributed by atoms with Crippen LogP contribution in [0.3, 0.4) is 0 Å². The van der Waals surface area contributed by atoms with E-state index in [4.69, 9.17) is 4.74 Å². The number of aryl methyl sites for hydroxylation is 3. The fourth-order valence-corrected chi connectivity index (χ4v) is 4.00. The quantitative estimate of drug-likeness (QED) is 0.498. The first-order valence-electron chi connectivity index (χ1n) is 8.90. The molecule has 1 heterocycles. The Morgan fingerprint density at radius 1 is 1.07 bits per heavy atom. The zero-order chi connectivity index (χ0) is 21.9. The summed E-state index contributed by atoms with van der Waals surface area (Å²) in [5.41, 5.74) is 3.43. The second-order valence-corrected chi connectivity index (χ2v) is 8.60. The van der Waals surface area contributed by atoms with Gasteiger partial charge in [-0.05, 0) is 63.4 Å². The lowest BCUT2D eigenvalue weighted by atomic mass is 10.1. The third kappa shape index (κ3) is 5.18. The summed E-state index contributed by atoms with van der Waals surface area (Å²) >= 11 is 0. The van der Waals surface area contributed by atoms with Gasteiger partial charge in [0, 0.05) is 11.3 Å². The molecule has 29 heavy (non-hydrogen) atoms. The van der Waals surface area contributed by atoms with Crippen molar-refractivity contribution in [3.05, 3.63) is 51.8 Å². The number of benzene rings is 1. The summed E-state index contributed by atoms with van der Waals surface area (Å²) in [6, 6.07) is 4.63. The van der Waals surface area contributed by atoms with Crippen molar-refractivity contribution >= 4 is 27.6 Å². The Morgan fingerprint density at radius 3 is 2.28 bits per heavy atom. The largest absolute Gasteiger partial charge is 0.456 e. The molecule has 8 nitrogen and oxygen atoms in total. The van der Waals surface area contributed by atoms with Gasteiger partial charge in [0.25, 0.3) is 0 Å². The van der Waals surface area contributed by atoms with Gasteiger partial charge in [0.1, 0.15) is 6.54 Å². The Labute approximate surface area is 169 Å². The molecule has 2 N–H and O–H groups in total. The van der Waals surface area contributed by atoms with E-state index in [9.17, 15) is 22.8 Å². The maximum Gasteiger partial charge on any atom is 0.321 e. The van der Waals surface area contributed by atoms with Crippen molar-refractivity contribution in [1.29, 1.82) is 0 Å². The number of carbonyl (C=O) groups excluding carboxylic acids is 3. The number of ketones is 2. The van der Waals surface area contributed by atoms with Gasteiger partial charge in [-0.2, -0.15) is 4.72 Å². The molecule has 0 spiro atoms. The minimum Gasteiger partial charge on any atom is -0.456 e. The van der Waals surface area contributed by atoms with E-state index >= 15 is 0 Å². The summed E-state index contributed by atoms with van der Waals surface area (Å²) < 4.78 is 31.6. The van der Waals surface area contributed by atoms with E-state index in [2.05, 4.69) is 9.71 Å². The number of carbonyl (C=O) groups is 3. The molecule has 2 rings (SSSR count). The van der Waals surface area contributed by atoms with Crippen LogP contribution in [0.4, 0.5) is 0 Å². The predicted molar refractivity (Wildman–Crippen MR) is 107 cm³/mol. The van der Waals surface area contributed by atoms with Gasteiger partial charge in [-0.1, -0.05) is 6.07 Å². The van der Waals surface area contributed by atoms with Crippen molar-refractivity contribution in [1.82, 2.24) is 9.71 Å². The Morgan fingerprint density at radius 2 is 1.72 bits per heavy atom. The molecule has 0 unspecified atom stereocenters. The van der Waals surface area contributed by atoms with Crippen molar-refractivity contribution in [3.8, 4) is 0 Å². The highest BCUT2D eigenvalue weighted by molar-refractivity contribution is 7.89. The average molecular weight is 420 g/mol. The van der Waals surface area contributed by atoms with Gasteiger partial charge < -0.3 is 9.72 Å². The number of esters is 1. The second kappa shape index (κ2) is 8.71. The SMILES string of the molecule is CC(=O)c1c(C)[nH]c(C(=O)COC(=O)CNS(=O)(=O)c2ccc(C)c(C)c2)c1C. The Bertz CT molecular complexity index is 1080. The number of sulfonamides is 1. The minimum atomic E-state index is -3.88. The third-order valence-corrected chi connectivity index (χ3v) is 6.03. The van der Waals surface area contributed by atoms with Crippen molar-refractivity contribution < 1.29 is 27.5 Å². The number of Topliss-reactive ketones (excluding diaryl/α,β-unsaturated/α-hetero) is 2. The zero-order valence-electron chi connectivity index (χ0n) is 17.0. The molecule has 0 atom stereocenters. The van der Waals surface area contributed by atoms with E-state index in [1.165, 1.54) is 19.1 Å². The fraction of sp³-hybridized carbons (Fsp3) is 0.350. The number of ether oxygens (including phenoxy) is 1. The average Bonchev–Trinajstić information content (AvgIpc) is 2.94. The summed E-state index contributed by atoms with van der Waals surface area (Å²) in [7, 11) is -3.88. The predicted octanol–water partition coefficient (Wildman–Crippen LogP) is 2.16. The van der Waals surface area contributed by atoms with Gasteiger partial charge in [0.2, 0.25) is 15.8 Å². The summed E-state index contributed by atoms with van der Waals surface area (Å²) in [5.74, 6) is -1.57. The molecule has 0 amide bonds. The van der Waals surface area contributed by atoms with Crippen LogP contribution in [0.2, 0.25) is 0 Å². The monoisotopic (exact) mass is 420 g/mol. The maximum atomic E-state index is 12.3. The van der Waals surface area contributed by atoms with Crippen LogP contribution in [0, 0.1) is 27.7 Å². The molecular formula is C20H24N2O6S. The molecule has 156 valence electrons. The number of aromatic nitrogens is 1. The minimum absolute atomic E-state index is 0.0405. The summed E-state index contributed by atoms with van der Waals surface area (Å²) in [6.07, 6.45) is 0. The van der Waals surface area contributed by atoms with Crippen LogP contribution in [0.15, 0.2) is 23.1 Å². The van der Waals surface area contributed by atoms with E-state index in [1.54, 1.807) is 26.8 Å². The topological polar surface area (TPSA) is 122 Å². The van der Waals surface area contributed by atoms with Crippen LogP contribution in [-0.4, -0.2) is 44.1 Å². The Kier molecular flexibility index (Phi) is 6.76. The Balaban J connectivity index is 1.96. The molecule has 0 radical (unpaired) electrons. The lowest BCUT2D eigenvalue weighted by Gasteiger charge is -2.09. The maximum absolute atomic E-state index is 12.3. The summed E-state index contributed by atoms with van der Waals surface area (Å²) in [5, 5.41) is 0. The van der Waals surface area contributed by atoms with Gasteiger partial charge >= 0.3 is 5.97 Å². The van der Waals surface area contributed by atoms with E-state index in [0.717, 1.165) is 11.1 Å². The first kappa shape index (κ1) is 22.5. The first-order chi connectivity index (χ1) is 13.4. The Hall–Kier alpha value is -2.78. The lowest BCUT2D eigenvalue weighted by Crippen LogP contribution is -2.31. The van der Waals surface area contributed by atoms with Crippen LogP contribution >= 0.6 is 0 Å². The molecule has 0 saturated heterocycles. The molecule has 2 aromatic rings. The van der Waals surface area contributed by atoms with E-state index < -0.39 is 34.9 Å². The normalized spacial score (nSPS) is 11.3. The molecule has 0 aliphatic heterocycles. The van der Waals surface area contributed by atoms with Crippen LogP contribution < -0.4 is 4.72 Å². The van der Waals surface area contributed by atoms with Crippen LogP contribution in [0.25, 0.3) is 0 Å². The fourth-order valence-electron chi connectivity index (χ4n) is 2.94. The highest BCUT2D eigenvalue weighted by atomic mass is 32.2. The third-order valence-electron chi connectivity index (χ3n) is 4.63. The van der Waals surface area contributed by atoms with Gasteiger partial charge in [-0.15, -0.1) is 0 Å². The van der Waals surface area contributed by atoms with Crippen LogP contribution in [0.1, 0.15) is 50.2 Å². The van der Waals surface area contributed by atoms with Crippen molar-refractivity contribution in [3.63, 3.8) is 0 Å². The molecule has 0 fully saturated rings. The number of nitrogens with one attached hydrogen (secondary N) is 2. The van der Waals surface area contributed by atoms with Crippen LogP contribution in [-0.2, 0) is 19.6 Å². The van der Waals surface area contributed by atoms with Gasteiger partial charge in [0.15, 0.2) is 12.4 Å². The zero-order valence-corrected chi connectivity index (χ0v) is 17.8. The van der Waals surface area contributed by atoms with Crippen LogP contribution in [0.5, 0.6) is 0 Å². The van der Waals surface area contributed by atoms with E-state index in [0.29, 0.717) is 16.8 Å². The van der Waals surface area contributed by atoms with E-state index in [-0.39, 0.29) is 16.4 Å². The molecule has 0 aliphatic carbocycles. The van der Waals surface area contributed by atoms with Gasteiger partial charge in [-0.3, -0.25) is 14.4 Å². The first-order valence-corrected chi connectivity index (χ1v) is 10.4. The van der Waals surface area contributed by atoms with Gasteiger partial charge in [0.05, 0.1) is 10.6 Å². The molecule has 0 aliphatic rings. The number of aromatic amines is 1. The molecule has 1 aromatic heterocycles. The molecule has 0 bridgehead atoms. The number of rotatable bonds is 8. The summed E-state index contributed by atoms with van der Waals surface area (Å²) in [6.45, 7) is 7.18. The molecule has 9 heteroatoms. The van der Waals surface area contributed by atoms with Crippen molar-refractivity contribution in [2.75, 3.05) is 13.2 Å².